The van der Waals surface area contributed by atoms with Crippen molar-refractivity contribution in [1.82, 2.24) is 20.0 Å². The third-order valence-corrected chi connectivity index (χ3v) is 9.88. The first kappa shape index (κ1) is 32.7. The van der Waals surface area contributed by atoms with Gasteiger partial charge < -0.3 is 25.2 Å². The van der Waals surface area contributed by atoms with Crippen LogP contribution in [0.4, 0.5) is 22.0 Å². The highest BCUT2D eigenvalue weighted by Gasteiger charge is 2.52. The molecule has 4 N–H and O–H groups in total. The molecule has 3 heterocycles. The average molecular weight is 645 g/mol. The van der Waals surface area contributed by atoms with Gasteiger partial charge in [0.2, 0.25) is 5.92 Å². The molecular weight excluding hydrogens is 611 g/mol. The van der Waals surface area contributed by atoms with Gasteiger partial charge in [-0.2, -0.15) is 0 Å². The fraction of sp³-hybridized carbons (Fsp3) is 0.552. The Hall–Kier alpha value is -2.69. The van der Waals surface area contributed by atoms with Crippen molar-refractivity contribution in [3.63, 3.8) is 0 Å². The highest BCUT2D eigenvalue weighted by molar-refractivity contribution is 8.00. The minimum Gasteiger partial charge on any atom is -0.394 e. The van der Waals surface area contributed by atoms with E-state index in [1.165, 1.54) is 12.4 Å². The normalized spacial score (nSPS) is 27.4. The Labute approximate surface area is 254 Å². The van der Waals surface area contributed by atoms with Crippen molar-refractivity contribution < 1.29 is 47.1 Å². The van der Waals surface area contributed by atoms with Crippen molar-refractivity contribution in [2.45, 2.75) is 92.0 Å². The molecule has 3 aromatic rings. The molecule has 1 aliphatic heterocycles. The van der Waals surface area contributed by atoms with Gasteiger partial charge in [-0.05, 0) is 42.5 Å². The Morgan fingerprint density at radius 2 is 1.73 bits per heavy atom. The molecular formula is C29H33F5N4O5S. The second-order valence-electron chi connectivity index (χ2n) is 11.6. The summed E-state index contributed by atoms with van der Waals surface area (Å²) in [5, 5.41) is 51.3. The quantitative estimate of drug-likeness (QED) is 0.210. The summed E-state index contributed by atoms with van der Waals surface area (Å²) in [6.07, 6.45) is -3.26. The minimum absolute atomic E-state index is 0.0536. The van der Waals surface area contributed by atoms with Gasteiger partial charge >= 0.3 is 0 Å². The number of pyridine rings is 1. The topological polar surface area (TPSA) is 134 Å². The Morgan fingerprint density at radius 3 is 2.34 bits per heavy atom. The number of aliphatic hydroxyl groups excluding tert-OH is 3. The van der Waals surface area contributed by atoms with Gasteiger partial charge in [0.25, 0.3) is 0 Å². The molecule has 2 fully saturated rings. The zero-order valence-electron chi connectivity index (χ0n) is 23.8. The number of aliphatic hydroxyl groups is 4. The van der Waals surface area contributed by atoms with Crippen LogP contribution in [0.2, 0.25) is 0 Å². The summed E-state index contributed by atoms with van der Waals surface area (Å²) in [5.41, 5.74) is -1.96. The van der Waals surface area contributed by atoms with Gasteiger partial charge in [-0.25, -0.2) is 26.6 Å². The van der Waals surface area contributed by atoms with Crippen LogP contribution in [0.15, 0.2) is 36.7 Å². The highest BCUT2D eigenvalue weighted by Crippen LogP contribution is 2.53. The maximum atomic E-state index is 14.2. The first-order valence-electron chi connectivity index (χ1n) is 14.1. The lowest BCUT2D eigenvalue weighted by atomic mass is 9.78. The van der Waals surface area contributed by atoms with Crippen molar-refractivity contribution in [3.05, 3.63) is 65.4 Å². The maximum absolute atomic E-state index is 14.2. The van der Waals surface area contributed by atoms with E-state index in [0.29, 0.717) is 5.69 Å². The summed E-state index contributed by atoms with van der Waals surface area (Å²) in [7, 11) is 0. The molecule has 1 saturated carbocycles. The minimum atomic E-state index is -2.94. The van der Waals surface area contributed by atoms with Gasteiger partial charge in [0.15, 0.2) is 17.5 Å². The SMILES string of the molecule is CC(C)c1cccnc1[C@H](S[C@@H]1O[C@H](CO)[C@H](O)[C@H](n2cc(-c3cc(F)c(F)c(F)c3)nn2)[C@H]1O)C1(O)CCC(F)(F)CC1. The third-order valence-electron chi connectivity index (χ3n) is 8.29. The number of benzene rings is 1. The van der Waals surface area contributed by atoms with Crippen molar-refractivity contribution in [2.75, 3.05) is 6.61 Å². The Morgan fingerprint density at radius 1 is 1.07 bits per heavy atom. The van der Waals surface area contributed by atoms with Gasteiger partial charge in [-0.3, -0.25) is 4.98 Å². The predicted octanol–water partition coefficient (Wildman–Crippen LogP) is 4.28. The van der Waals surface area contributed by atoms with Crippen LogP contribution >= 0.6 is 11.8 Å². The maximum Gasteiger partial charge on any atom is 0.248 e. The Bertz CT molecular complexity index is 1450. The smallest absolute Gasteiger partial charge is 0.248 e. The van der Waals surface area contributed by atoms with Crippen molar-refractivity contribution in [1.29, 1.82) is 0 Å². The van der Waals surface area contributed by atoms with E-state index in [4.69, 9.17) is 4.74 Å². The lowest BCUT2D eigenvalue weighted by molar-refractivity contribution is -0.179. The summed E-state index contributed by atoms with van der Waals surface area (Å²) >= 11 is 0.938. The second-order valence-corrected chi connectivity index (χ2v) is 12.9. The van der Waals surface area contributed by atoms with Crippen molar-refractivity contribution in [2.24, 2.45) is 0 Å². The lowest BCUT2D eigenvalue weighted by Gasteiger charge is -2.46. The second kappa shape index (κ2) is 12.6. The van der Waals surface area contributed by atoms with E-state index in [9.17, 15) is 42.4 Å². The number of hydrogen-bond acceptors (Lipinski definition) is 9. The van der Waals surface area contributed by atoms with E-state index < -0.39 is 83.5 Å². The number of alkyl halides is 2. The fourth-order valence-electron chi connectivity index (χ4n) is 5.78. The lowest BCUT2D eigenvalue weighted by Crippen LogP contribution is -2.55. The van der Waals surface area contributed by atoms with Crippen molar-refractivity contribution in [3.8, 4) is 11.3 Å². The molecule has 2 aromatic heterocycles. The zero-order valence-corrected chi connectivity index (χ0v) is 24.6. The first-order valence-corrected chi connectivity index (χ1v) is 15.1. The number of ether oxygens (including phenoxy) is 1. The monoisotopic (exact) mass is 644 g/mol. The molecule has 0 bridgehead atoms. The van der Waals surface area contributed by atoms with Gasteiger partial charge in [-0.1, -0.05) is 25.1 Å². The van der Waals surface area contributed by atoms with E-state index in [-0.39, 0.29) is 30.0 Å². The summed E-state index contributed by atoms with van der Waals surface area (Å²) in [6.45, 7) is 3.16. The molecule has 240 valence electrons. The summed E-state index contributed by atoms with van der Waals surface area (Å²) in [4.78, 5) is 4.52. The first-order chi connectivity index (χ1) is 20.7. The zero-order chi connectivity index (χ0) is 32.0. The van der Waals surface area contributed by atoms with Crippen LogP contribution in [-0.2, 0) is 4.74 Å². The van der Waals surface area contributed by atoms with Crippen LogP contribution in [0.1, 0.15) is 68.0 Å². The van der Waals surface area contributed by atoms with E-state index in [1.807, 2.05) is 19.9 Å². The standard InChI is InChI=1S/C29H33F5N4O5S/c1-14(2)16-4-3-9-35-22(16)26(28(42)5-7-29(33,34)8-6-28)44-27-25(41)23(24(40)20(13-39)43-27)38-12-19(36-37-38)15-10-17(30)21(32)18(31)11-15/h3-4,9-12,14,20,23-27,39-42H,5-8,13H2,1-2H3/t20-,23+,24+,25-,26+,27+/m1/s1. The summed E-state index contributed by atoms with van der Waals surface area (Å²) in [5.74, 6) is -7.55. The van der Waals surface area contributed by atoms with Gasteiger partial charge in [0, 0.05) is 24.6 Å². The number of hydrogen-bond donors (Lipinski definition) is 4. The van der Waals surface area contributed by atoms with E-state index >= 15 is 0 Å². The molecule has 15 heteroatoms. The number of aromatic nitrogens is 4. The van der Waals surface area contributed by atoms with Crippen LogP contribution in [0.5, 0.6) is 0 Å². The molecule has 1 aliphatic carbocycles. The fourth-order valence-corrected chi connectivity index (χ4v) is 7.39. The Balaban J connectivity index is 1.50. The van der Waals surface area contributed by atoms with Crippen LogP contribution in [0.3, 0.4) is 0 Å². The molecule has 1 saturated heterocycles. The molecule has 2 aliphatic rings. The summed E-state index contributed by atoms with van der Waals surface area (Å²) in [6, 6.07) is 3.67. The van der Waals surface area contributed by atoms with Crippen LogP contribution < -0.4 is 0 Å². The van der Waals surface area contributed by atoms with Crippen LogP contribution in [0.25, 0.3) is 11.3 Å². The molecule has 0 spiro atoms. The van der Waals surface area contributed by atoms with E-state index in [0.717, 1.165) is 34.1 Å². The largest absolute Gasteiger partial charge is 0.394 e. The molecule has 9 nitrogen and oxygen atoms in total. The molecule has 0 radical (unpaired) electrons. The molecule has 44 heavy (non-hydrogen) atoms. The average Bonchev–Trinajstić information content (AvgIpc) is 3.47. The Kier molecular flexibility index (Phi) is 9.36. The number of nitrogens with zero attached hydrogens (tertiary/aromatic N) is 4. The van der Waals surface area contributed by atoms with E-state index in [1.54, 1.807) is 6.07 Å². The highest BCUT2D eigenvalue weighted by atomic mass is 32.2. The number of thioether (sulfide) groups is 1. The third kappa shape index (κ3) is 6.35. The molecule has 0 amide bonds. The van der Waals surface area contributed by atoms with Crippen LogP contribution in [-0.4, -0.2) is 82.3 Å². The molecule has 5 rings (SSSR count). The predicted molar refractivity (Wildman–Crippen MR) is 149 cm³/mol. The number of rotatable bonds is 8. The molecule has 0 unspecified atom stereocenters. The molecule has 1 aromatic carbocycles. The van der Waals surface area contributed by atoms with Gasteiger partial charge in [0.1, 0.15) is 35.5 Å². The summed E-state index contributed by atoms with van der Waals surface area (Å²) < 4.78 is 76.5. The van der Waals surface area contributed by atoms with Crippen LogP contribution in [0, 0.1) is 17.5 Å². The van der Waals surface area contributed by atoms with E-state index in [2.05, 4.69) is 15.3 Å². The molecule has 6 atom stereocenters. The van der Waals surface area contributed by atoms with Gasteiger partial charge in [-0.15, -0.1) is 16.9 Å². The van der Waals surface area contributed by atoms with Crippen molar-refractivity contribution >= 4 is 11.8 Å². The van der Waals surface area contributed by atoms with Gasteiger partial charge in [0.05, 0.1) is 29.3 Å². The number of halogens is 5.